The monoisotopic (exact) mass is 431 g/mol. The number of nitrogens with zero attached hydrogens (tertiary/aromatic N) is 4. The van der Waals surface area contributed by atoms with E-state index < -0.39 is 0 Å². The first-order valence-electron chi connectivity index (χ1n) is 11.9. The predicted octanol–water partition coefficient (Wildman–Crippen LogP) is 3.34. The van der Waals surface area contributed by atoms with Crippen molar-refractivity contribution in [3.05, 3.63) is 65.5 Å². The molecule has 6 heteroatoms. The zero-order valence-corrected chi connectivity index (χ0v) is 18.7. The molecule has 168 valence electrons. The van der Waals surface area contributed by atoms with E-state index in [1.54, 1.807) is 0 Å². The second-order valence-corrected chi connectivity index (χ2v) is 9.00. The van der Waals surface area contributed by atoms with Crippen molar-refractivity contribution in [2.45, 2.75) is 51.2 Å². The van der Waals surface area contributed by atoms with Gasteiger partial charge >= 0.3 is 0 Å². The molecule has 0 bridgehead atoms. The lowest BCUT2D eigenvalue weighted by atomic mass is 9.88. The Morgan fingerprint density at radius 3 is 2.69 bits per heavy atom. The number of aromatic nitrogens is 1. The molecule has 32 heavy (non-hydrogen) atoms. The van der Waals surface area contributed by atoms with Gasteiger partial charge in [0.05, 0.1) is 17.6 Å². The third kappa shape index (κ3) is 5.73. The first-order chi connectivity index (χ1) is 15.7. The van der Waals surface area contributed by atoms with E-state index in [2.05, 4.69) is 38.3 Å². The number of carbonyl (C=O) groups excluding carboxylic acids is 1. The minimum Gasteiger partial charge on any atom is -0.356 e. The highest BCUT2D eigenvalue weighted by Crippen LogP contribution is 2.27. The highest BCUT2D eigenvalue weighted by atomic mass is 16.1. The number of fused-ring (bicyclic) bond motifs is 1. The van der Waals surface area contributed by atoms with Gasteiger partial charge in [0, 0.05) is 44.6 Å². The van der Waals surface area contributed by atoms with Crippen LogP contribution in [0, 0.1) is 17.2 Å². The van der Waals surface area contributed by atoms with Crippen LogP contribution in [0.4, 0.5) is 0 Å². The molecular weight excluding hydrogens is 398 g/mol. The van der Waals surface area contributed by atoms with Gasteiger partial charge in [0.25, 0.3) is 0 Å². The van der Waals surface area contributed by atoms with E-state index in [1.807, 2.05) is 36.7 Å². The van der Waals surface area contributed by atoms with Crippen LogP contribution in [0.15, 0.2) is 48.8 Å². The fourth-order valence-corrected chi connectivity index (χ4v) is 5.05. The maximum atomic E-state index is 13.1. The summed E-state index contributed by atoms with van der Waals surface area (Å²) in [4.78, 5) is 22.2. The number of piperidine rings is 1. The number of benzene rings is 1. The number of pyridine rings is 1. The van der Waals surface area contributed by atoms with Gasteiger partial charge in [-0.05, 0) is 61.7 Å². The van der Waals surface area contributed by atoms with E-state index in [0.717, 1.165) is 76.1 Å². The van der Waals surface area contributed by atoms with Gasteiger partial charge in [0.15, 0.2) is 0 Å². The van der Waals surface area contributed by atoms with Gasteiger partial charge in [-0.15, -0.1) is 0 Å². The molecule has 2 atom stereocenters. The third-order valence-electron chi connectivity index (χ3n) is 6.81. The van der Waals surface area contributed by atoms with Gasteiger partial charge in [-0.3, -0.25) is 19.6 Å². The number of hydrogen-bond donors (Lipinski definition) is 1. The van der Waals surface area contributed by atoms with Crippen LogP contribution in [0.2, 0.25) is 0 Å². The van der Waals surface area contributed by atoms with Crippen molar-refractivity contribution < 1.29 is 4.79 Å². The Balaban J connectivity index is 1.57. The summed E-state index contributed by atoms with van der Waals surface area (Å²) in [5.74, 6) is 0.200. The lowest BCUT2D eigenvalue weighted by Crippen LogP contribution is -2.56. The fourth-order valence-electron chi connectivity index (χ4n) is 5.05. The quantitative estimate of drug-likeness (QED) is 0.804. The smallest absolute Gasteiger partial charge is 0.224 e. The number of rotatable bonds is 4. The van der Waals surface area contributed by atoms with Gasteiger partial charge in [-0.2, -0.15) is 5.26 Å². The van der Waals surface area contributed by atoms with Crippen LogP contribution in [-0.2, 0) is 17.9 Å². The first-order valence-corrected chi connectivity index (χ1v) is 11.9. The van der Waals surface area contributed by atoms with Gasteiger partial charge in [-0.1, -0.05) is 31.0 Å². The van der Waals surface area contributed by atoms with Crippen molar-refractivity contribution in [2.75, 3.05) is 26.2 Å². The number of likely N-dealkylation sites (tertiary alicyclic amines) is 1. The number of hydrogen-bond acceptors (Lipinski definition) is 5. The molecule has 1 aromatic carbocycles. The van der Waals surface area contributed by atoms with E-state index in [4.69, 9.17) is 0 Å². The zero-order valence-electron chi connectivity index (χ0n) is 18.7. The Labute approximate surface area is 191 Å². The highest BCUT2D eigenvalue weighted by Gasteiger charge is 2.37. The van der Waals surface area contributed by atoms with Crippen molar-refractivity contribution in [3.8, 4) is 6.07 Å². The van der Waals surface area contributed by atoms with Crippen LogP contribution >= 0.6 is 0 Å². The minimum absolute atomic E-state index is 0.00241. The largest absolute Gasteiger partial charge is 0.356 e. The van der Waals surface area contributed by atoms with Gasteiger partial charge in [0.1, 0.15) is 0 Å². The molecular formula is C26H33N5O. The number of nitrogens with one attached hydrogen (secondary N) is 1. The molecule has 3 heterocycles. The van der Waals surface area contributed by atoms with Crippen LogP contribution in [0.25, 0.3) is 0 Å². The molecule has 1 N–H and O–H groups in total. The number of carbonyl (C=O) groups is 1. The molecule has 2 fully saturated rings. The average Bonchev–Trinajstić information content (AvgIpc) is 2.86. The Hall–Kier alpha value is -2.75. The summed E-state index contributed by atoms with van der Waals surface area (Å²) in [6.07, 6.45) is 9.10. The molecule has 0 unspecified atom stereocenters. The Bertz CT molecular complexity index is 925. The Kier molecular flexibility index (Phi) is 7.87. The minimum atomic E-state index is -0.00241. The summed E-state index contributed by atoms with van der Waals surface area (Å²) in [5, 5.41) is 12.7. The van der Waals surface area contributed by atoms with E-state index in [1.165, 1.54) is 12.0 Å². The molecule has 0 radical (unpaired) electrons. The van der Waals surface area contributed by atoms with E-state index in [-0.39, 0.29) is 17.9 Å². The summed E-state index contributed by atoms with van der Waals surface area (Å²) in [7, 11) is 0. The lowest BCUT2D eigenvalue weighted by Gasteiger charge is -2.43. The van der Waals surface area contributed by atoms with Crippen LogP contribution in [0.3, 0.4) is 0 Å². The summed E-state index contributed by atoms with van der Waals surface area (Å²) in [6, 6.07) is 14.5. The van der Waals surface area contributed by atoms with E-state index in [0.29, 0.717) is 0 Å². The Morgan fingerprint density at radius 2 is 1.84 bits per heavy atom. The van der Waals surface area contributed by atoms with Crippen LogP contribution in [0.1, 0.15) is 48.8 Å². The van der Waals surface area contributed by atoms with Gasteiger partial charge < -0.3 is 5.32 Å². The highest BCUT2D eigenvalue weighted by molar-refractivity contribution is 5.79. The van der Waals surface area contributed by atoms with E-state index >= 15 is 0 Å². The lowest BCUT2D eigenvalue weighted by molar-refractivity contribution is -0.129. The molecule has 2 saturated heterocycles. The summed E-state index contributed by atoms with van der Waals surface area (Å²) >= 11 is 0. The molecule has 2 aliphatic rings. The van der Waals surface area contributed by atoms with Gasteiger partial charge in [0.2, 0.25) is 5.91 Å². The second kappa shape index (κ2) is 11.2. The maximum absolute atomic E-state index is 13.1. The molecule has 0 saturated carbocycles. The molecule has 4 rings (SSSR count). The first kappa shape index (κ1) is 22.4. The van der Waals surface area contributed by atoms with Crippen molar-refractivity contribution >= 4 is 5.91 Å². The van der Waals surface area contributed by atoms with Gasteiger partial charge in [-0.25, -0.2) is 0 Å². The maximum Gasteiger partial charge on any atom is 0.224 e. The normalized spacial score (nSPS) is 23.4. The molecule has 0 spiro atoms. The predicted molar refractivity (Wildman–Crippen MR) is 124 cm³/mol. The molecule has 1 amide bonds. The van der Waals surface area contributed by atoms with E-state index in [9.17, 15) is 10.1 Å². The van der Waals surface area contributed by atoms with Crippen LogP contribution in [-0.4, -0.2) is 52.9 Å². The van der Waals surface area contributed by atoms with Crippen LogP contribution in [0.5, 0.6) is 0 Å². The number of amides is 1. The third-order valence-corrected chi connectivity index (χ3v) is 6.81. The van der Waals surface area contributed by atoms with Crippen LogP contribution < -0.4 is 5.32 Å². The topological polar surface area (TPSA) is 72.3 Å². The van der Waals surface area contributed by atoms with Crippen molar-refractivity contribution in [2.24, 2.45) is 5.92 Å². The molecule has 2 aliphatic heterocycles. The average molecular weight is 432 g/mol. The Morgan fingerprint density at radius 1 is 1.03 bits per heavy atom. The summed E-state index contributed by atoms with van der Waals surface area (Å²) in [5.41, 5.74) is 3.04. The molecule has 6 nitrogen and oxygen atoms in total. The molecule has 0 aliphatic carbocycles. The van der Waals surface area contributed by atoms with Crippen molar-refractivity contribution in [1.82, 2.24) is 20.1 Å². The van der Waals surface area contributed by atoms with Crippen molar-refractivity contribution in [3.63, 3.8) is 0 Å². The van der Waals surface area contributed by atoms with Crippen molar-refractivity contribution in [1.29, 1.82) is 5.26 Å². The molecule has 1 aromatic heterocycles. The second-order valence-electron chi connectivity index (χ2n) is 9.00. The fraction of sp³-hybridized carbons (Fsp3) is 0.500. The molecule has 2 aromatic rings. The number of nitriles is 1. The zero-order chi connectivity index (χ0) is 22.2. The summed E-state index contributed by atoms with van der Waals surface area (Å²) in [6.45, 7) is 5.07. The SMILES string of the molecule is N#Cc1ccccc1CN1CC[C@H]2C(=O)NCCCCCCN(Cc3ccncc3)[C@@H]2C1. The summed E-state index contributed by atoms with van der Waals surface area (Å²) < 4.78 is 0. The standard InChI is InChI=1S/C26H33N5O/c27-17-22-7-3-4-8-23(22)19-30-16-11-24-25(20-30)31(18-21-9-13-28-14-10-21)15-6-2-1-5-12-29-26(24)32/h3-4,7-10,13-14,24-25H,1-2,5-6,11-12,15-16,18-20H2,(H,29,32)/t24-,25-/m1/s1.